The number of piperazine rings is 1. The molecule has 0 N–H and O–H groups in total. The van der Waals surface area contributed by atoms with Gasteiger partial charge >= 0.3 is 0 Å². The summed E-state index contributed by atoms with van der Waals surface area (Å²) in [6, 6.07) is 1.83. The lowest BCUT2D eigenvalue weighted by molar-refractivity contribution is -0.137. The summed E-state index contributed by atoms with van der Waals surface area (Å²) in [6.07, 6.45) is 5.35. The van der Waals surface area contributed by atoms with Crippen molar-refractivity contribution in [2.45, 2.75) is 12.8 Å². The average molecular weight is 289 g/mol. The molecular weight excluding hydrogens is 266 g/mol. The number of hydrogen-bond donors (Lipinski definition) is 0. The van der Waals surface area contributed by atoms with Crippen LogP contribution in [-0.2, 0) is 4.79 Å². The summed E-state index contributed by atoms with van der Waals surface area (Å²) in [5.74, 6) is 1.30. The van der Waals surface area contributed by atoms with Gasteiger partial charge < -0.3 is 14.7 Å². The molecule has 0 atom stereocenters. The fraction of sp³-hybridized carbons (Fsp3) is 0.667. The van der Waals surface area contributed by atoms with E-state index in [1.54, 1.807) is 12.4 Å². The van der Waals surface area contributed by atoms with Crippen molar-refractivity contribution in [3.05, 3.63) is 18.5 Å². The van der Waals surface area contributed by atoms with Gasteiger partial charge in [0.2, 0.25) is 11.9 Å². The fourth-order valence-electron chi connectivity index (χ4n) is 3.07. The van der Waals surface area contributed by atoms with E-state index >= 15 is 0 Å². The number of aromatic nitrogens is 2. The van der Waals surface area contributed by atoms with Crippen LogP contribution in [0, 0.1) is 5.92 Å². The van der Waals surface area contributed by atoms with Gasteiger partial charge in [0.15, 0.2) is 0 Å². The van der Waals surface area contributed by atoms with E-state index in [4.69, 9.17) is 0 Å². The zero-order valence-corrected chi connectivity index (χ0v) is 12.6. The highest BCUT2D eigenvalue weighted by Gasteiger charge is 2.30. The van der Waals surface area contributed by atoms with Crippen molar-refractivity contribution >= 4 is 11.9 Å². The van der Waals surface area contributed by atoms with Crippen molar-refractivity contribution in [1.82, 2.24) is 19.8 Å². The maximum atomic E-state index is 12.6. The zero-order valence-electron chi connectivity index (χ0n) is 12.6. The summed E-state index contributed by atoms with van der Waals surface area (Å²) in [4.78, 5) is 27.6. The van der Waals surface area contributed by atoms with E-state index in [2.05, 4.69) is 26.8 Å². The minimum atomic E-state index is 0.174. The molecule has 2 aliphatic rings. The molecule has 0 radical (unpaired) electrons. The standard InChI is InChI=1S/C15H23N5O/c1-18-9-11-19(12-10-18)14(21)13-3-7-20(8-4-13)15-16-5-2-6-17-15/h2,5-6,13H,3-4,7-12H2,1H3. The van der Waals surface area contributed by atoms with E-state index in [1.165, 1.54) is 0 Å². The Bertz CT molecular complexity index is 464. The minimum Gasteiger partial charge on any atom is -0.341 e. The Morgan fingerprint density at radius 3 is 2.29 bits per heavy atom. The summed E-state index contributed by atoms with van der Waals surface area (Å²) in [7, 11) is 2.11. The smallest absolute Gasteiger partial charge is 0.225 e. The molecule has 2 fully saturated rings. The first kappa shape index (κ1) is 14.3. The Morgan fingerprint density at radius 2 is 1.67 bits per heavy atom. The first-order chi connectivity index (χ1) is 10.2. The summed E-state index contributed by atoms with van der Waals surface area (Å²) in [5.41, 5.74) is 0. The summed E-state index contributed by atoms with van der Waals surface area (Å²) < 4.78 is 0. The van der Waals surface area contributed by atoms with Gasteiger partial charge in [0.05, 0.1) is 0 Å². The van der Waals surface area contributed by atoms with Crippen LogP contribution in [0.15, 0.2) is 18.5 Å². The number of piperidine rings is 1. The molecule has 0 bridgehead atoms. The van der Waals surface area contributed by atoms with Gasteiger partial charge in [-0.3, -0.25) is 4.79 Å². The highest BCUT2D eigenvalue weighted by Crippen LogP contribution is 2.22. The predicted molar refractivity (Wildman–Crippen MR) is 81.0 cm³/mol. The third kappa shape index (κ3) is 3.32. The molecule has 114 valence electrons. The highest BCUT2D eigenvalue weighted by atomic mass is 16.2. The maximum absolute atomic E-state index is 12.6. The van der Waals surface area contributed by atoms with Crippen LogP contribution in [0.1, 0.15) is 12.8 Å². The minimum absolute atomic E-state index is 0.174. The fourth-order valence-corrected chi connectivity index (χ4v) is 3.07. The molecule has 1 aromatic rings. The number of amides is 1. The van der Waals surface area contributed by atoms with Gasteiger partial charge in [-0.2, -0.15) is 0 Å². The van der Waals surface area contributed by atoms with Crippen molar-refractivity contribution in [2.75, 3.05) is 51.2 Å². The maximum Gasteiger partial charge on any atom is 0.225 e. The topological polar surface area (TPSA) is 52.6 Å². The normalized spacial score (nSPS) is 21.6. The number of hydrogen-bond acceptors (Lipinski definition) is 5. The van der Waals surface area contributed by atoms with Crippen molar-refractivity contribution < 1.29 is 4.79 Å². The van der Waals surface area contributed by atoms with Crippen LogP contribution >= 0.6 is 0 Å². The molecule has 0 aliphatic carbocycles. The lowest BCUT2D eigenvalue weighted by Crippen LogP contribution is -2.50. The van der Waals surface area contributed by atoms with Gasteiger partial charge in [0.25, 0.3) is 0 Å². The van der Waals surface area contributed by atoms with Crippen LogP contribution in [0.2, 0.25) is 0 Å². The van der Waals surface area contributed by atoms with E-state index in [0.29, 0.717) is 5.91 Å². The third-order valence-electron chi connectivity index (χ3n) is 4.49. The summed E-state index contributed by atoms with van der Waals surface area (Å²) in [6.45, 7) is 5.46. The van der Waals surface area contributed by atoms with Crippen molar-refractivity contribution in [1.29, 1.82) is 0 Å². The van der Waals surface area contributed by atoms with Crippen LogP contribution in [0.5, 0.6) is 0 Å². The quantitative estimate of drug-likeness (QED) is 0.792. The SMILES string of the molecule is CN1CCN(C(=O)C2CCN(c3ncccn3)CC2)CC1. The lowest BCUT2D eigenvalue weighted by atomic mass is 9.95. The van der Waals surface area contributed by atoms with Gasteiger partial charge in [-0.25, -0.2) is 9.97 Å². The molecule has 0 saturated carbocycles. The van der Waals surface area contributed by atoms with E-state index in [0.717, 1.165) is 58.1 Å². The van der Waals surface area contributed by atoms with Gasteiger partial charge in [0.1, 0.15) is 0 Å². The average Bonchev–Trinajstić information content (AvgIpc) is 2.56. The zero-order chi connectivity index (χ0) is 14.7. The Morgan fingerprint density at radius 1 is 1.05 bits per heavy atom. The Hall–Kier alpha value is -1.69. The second-order valence-corrected chi connectivity index (χ2v) is 5.94. The molecule has 0 unspecified atom stereocenters. The van der Waals surface area contributed by atoms with E-state index in [-0.39, 0.29) is 5.92 Å². The molecule has 3 heterocycles. The molecular formula is C15H23N5O. The monoisotopic (exact) mass is 289 g/mol. The molecule has 6 heteroatoms. The van der Waals surface area contributed by atoms with Crippen molar-refractivity contribution in [3.63, 3.8) is 0 Å². The number of nitrogens with zero attached hydrogens (tertiary/aromatic N) is 5. The molecule has 21 heavy (non-hydrogen) atoms. The molecule has 0 aromatic carbocycles. The Kier molecular flexibility index (Phi) is 4.34. The first-order valence-corrected chi connectivity index (χ1v) is 7.73. The van der Waals surface area contributed by atoms with E-state index < -0.39 is 0 Å². The number of likely N-dealkylation sites (N-methyl/N-ethyl adjacent to an activating group) is 1. The molecule has 1 amide bonds. The Balaban J connectivity index is 1.52. The number of carbonyl (C=O) groups excluding carboxylic acids is 1. The lowest BCUT2D eigenvalue weighted by Gasteiger charge is -2.37. The number of rotatable bonds is 2. The number of anilines is 1. The molecule has 3 rings (SSSR count). The van der Waals surface area contributed by atoms with Crippen LogP contribution in [-0.4, -0.2) is 72.0 Å². The summed E-state index contributed by atoms with van der Waals surface area (Å²) >= 11 is 0. The number of carbonyl (C=O) groups is 1. The van der Waals surface area contributed by atoms with Crippen LogP contribution < -0.4 is 4.90 Å². The molecule has 6 nitrogen and oxygen atoms in total. The van der Waals surface area contributed by atoms with Gasteiger partial charge in [0, 0.05) is 57.6 Å². The van der Waals surface area contributed by atoms with Crippen molar-refractivity contribution in [3.8, 4) is 0 Å². The second-order valence-electron chi connectivity index (χ2n) is 5.94. The van der Waals surface area contributed by atoms with Gasteiger partial charge in [-0.1, -0.05) is 0 Å². The highest BCUT2D eigenvalue weighted by molar-refractivity contribution is 5.79. The van der Waals surface area contributed by atoms with Gasteiger partial charge in [-0.05, 0) is 26.0 Å². The van der Waals surface area contributed by atoms with Crippen LogP contribution in [0.4, 0.5) is 5.95 Å². The van der Waals surface area contributed by atoms with Crippen LogP contribution in [0.25, 0.3) is 0 Å². The molecule has 1 aromatic heterocycles. The predicted octanol–water partition coefficient (Wildman–Crippen LogP) is 0.467. The molecule has 2 aliphatic heterocycles. The molecule has 0 spiro atoms. The second kappa shape index (κ2) is 6.39. The largest absolute Gasteiger partial charge is 0.341 e. The van der Waals surface area contributed by atoms with Gasteiger partial charge in [-0.15, -0.1) is 0 Å². The van der Waals surface area contributed by atoms with Crippen LogP contribution in [0.3, 0.4) is 0 Å². The first-order valence-electron chi connectivity index (χ1n) is 7.73. The van der Waals surface area contributed by atoms with E-state index in [9.17, 15) is 4.79 Å². The molecule has 2 saturated heterocycles. The Labute approximate surface area is 125 Å². The van der Waals surface area contributed by atoms with E-state index in [1.807, 2.05) is 11.0 Å². The third-order valence-corrected chi connectivity index (χ3v) is 4.49. The summed E-state index contributed by atoms with van der Waals surface area (Å²) in [5, 5.41) is 0. The van der Waals surface area contributed by atoms with Crippen molar-refractivity contribution in [2.24, 2.45) is 5.92 Å².